The molecule has 2 amide bonds. The molecular weight excluding hydrogens is 484 g/mol. The molecule has 10 heteroatoms. The number of ether oxygens (including phenoxy) is 3. The number of nitrogens with zero attached hydrogens (tertiary/aromatic N) is 1. The third-order valence-electron chi connectivity index (χ3n) is 5.21. The smallest absolute Gasteiger partial charge is 0.408 e. The molecule has 0 heterocycles. The van der Waals surface area contributed by atoms with E-state index in [0.717, 1.165) is 12.0 Å². The van der Waals surface area contributed by atoms with E-state index < -0.39 is 35.5 Å². The van der Waals surface area contributed by atoms with Crippen LogP contribution in [0.5, 0.6) is 0 Å². The molecule has 0 aromatic heterocycles. The van der Waals surface area contributed by atoms with Gasteiger partial charge in [-0.05, 0) is 24.8 Å². The molecule has 1 aromatic carbocycles. The van der Waals surface area contributed by atoms with Crippen LogP contribution in [0.3, 0.4) is 0 Å². The van der Waals surface area contributed by atoms with Gasteiger partial charge in [-0.2, -0.15) is 0 Å². The molecule has 0 bridgehead atoms. The summed E-state index contributed by atoms with van der Waals surface area (Å²) >= 11 is 3.12. The first-order chi connectivity index (χ1) is 15.4. The Labute approximate surface area is 195 Å². The fraction of sp³-hybridized carbons (Fsp3) is 0.545. The van der Waals surface area contributed by atoms with Crippen LogP contribution in [0.4, 0.5) is 4.79 Å². The van der Waals surface area contributed by atoms with Gasteiger partial charge in [0.2, 0.25) is 5.91 Å². The van der Waals surface area contributed by atoms with Crippen LogP contribution in [0.25, 0.3) is 0 Å². The van der Waals surface area contributed by atoms with Gasteiger partial charge in [-0.1, -0.05) is 59.6 Å². The van der Waals surface area contributed by atoms with Gasteiger partial charge in [0.05, 0.1) is 24.6 Å². The third-order valence-corrected chi connectivity index (χ3v) is 5.69. The monoisotopic (exact) mass is 512 g/mol. The first kappa shape index (κ1) is 25.6. The molecule has 1 unspecified atom stereocenters. The van der Waals surface area contributed by atoms with E-state index in [0.29, 0.717) is 19.3 Å². The standard InChI is InChI=1S/C22H29BrN2O7/c1-3-4-12-31-18(27)14-25(17(26)13-23)22(10-11-22)19(20(28)30-2)24-21(29)32-15-16-8-6-5-7-9-16/h5-9,19H,3-4,10-15H2,1-2H3,(H,24,29). The molecule has 1 aliphatic rings. The first-order valence-electron chi connectivity index (χ1n) is 10.4. The number of unbranched alkanes of at least 4 members (excludes halogenated alkanes) is 1. The SMILES string of the molecule is CCCCOC(=O)CN(C(=O)CBr)C1(C(NC(=O)OCc2ccccc2)C(=O)OC)CC1. The molecule has 1 aliphatic carbocycles. The van der Waals surface area contributed by atoms with Crippen LogP contribution in [-0.4, -0.2) is 66.0 Å². The van der Waals surface area contributed by atoms with Gasteiger partial charge in [0.25, 0.3) is 0 Å². The zero-order chi connectivity index (χ0) is 23.6. The number of halogens is 1. The number of methoxy groups -OCH3 is 1. The van der Waals surface area contributed by atoms with E-state index in [4.69, 9.17) is 14.2 Å². The summed E-state index contributed by atoms with van der Waals surface area (Å²) in [5, 5.41) is 2.48. The molecular formula is C22H29BrN2O7. The average molecular weight is 513 g/mol. The Balaban J connectivity index is 2.13. The predicted molar refractivity (Wildman–Crippen MR) is 119 cm³/mol. The Kier molecular flexibility index (Phi) is 9.96. The second kappa shape index (κ2) is 12.4. The number of amides is 2. The minimum absolute atomic E-state index is 0.0152. The summed E-state index contributed by atoms with van der Waals surface area (Å²) in [6.45, 7) is 1.91. The van der Waals surface area contributed by atoms with Crippen LogP contribution in [0.15, 0.2) is 30.3 Å². The fourth-order valence-electron chi connectivity index (χ4n) is 3.33. The maximum Gasteiger partial charge on any atom is 0.408 e. The summed E-state index contributed by atoms with van der Waals surface area (Å²) < 4.78 is 15.3. The van der Waals surface area contributed by atoms with Crippen molar-refractivity contribution in [1.29, 1.82) is 0 Å². The molecule has 0 radical (unpaired) electrons. The lowest BCUT2D eigenvalue weighted by atomic mass is 10.0. The van der Waals surface area contributed by atoms with Gasteiger partial charge in [-0.25, -0.2) is 9.59 Å². The van der Waals surface area contributed by atoms with Crippen LogP contribution in [0.2, 0.25) is 0 Å². The number of rotatable bonds is 12. The second-order valence-electron chi connectivity index (χ2n) is 7.45. The summed E-state index contributed by atoms with van der Waals surface area (Å²) in [7, 11) is 1.19. The summed E-state index contributed by atoms with van der Waals surface area (Å²) in [6.07, 6.45) is 1.57. The highest BCUT2D eigenvalue weighted by Gasteiger charge is 2.60. The number of nitrogens with one attached hydrogen (secondary N) is 1. The zero-order valence-corrected chi connectivity index (χ0v) is 19.9. The molecule has 32 heavy (non-hydrogen) atoms. The van der Waals surface area contributed by atoms with E-state index in [2.05, 4.69) is 21.2 Å². The summed E-state index contributed by atoms with van der Waals surface area (Å²) in [5.74, 6) is -1.71. The molecule has 0 saturated heterocycles. The number of hydrogen-bond acceptors (Lipinski definition) is 7. The molecule has 1 atom stereocenters. The number of alkyl carbamates (subject to hydrolysis) is 1. The molecule has 176 valence electrons. The maximum atomic E-state index is 12.7. The number of benzene rings is 1. The molecule has 0 aliphatic heterocycles. The zero-order valence-electron chi connectivity index (χ0n) is 18.3. The summed E-state index contributed by atoms with van der Waals surface area (Å²) in [6, 6.07) is 7.88. The van der Waals surface area contributed by atoms with Crippen molar-refractivity contribution in [3.63, 3.8) is 0 Å². The largest absolute Gasteiger partial charge is 0.467 e. The number of carbonyl (C=O) groups is 4. The molecule has 1 fully saturated rings. The van der Waals surface area contributed by atoms with E-state index >= 15 is 0 Å². The molecule has 2 rings (SSSR count). The lowest BCUT2D eigenvalue weighted by Crippen LogP contribution is -2.60. The van der Waals surface area contributed by atoms with Crippen LogP contribution < -0.4 is 5.32 Å². The topological polar surface area (TPSA) is 111 Å². The van der Waals surface area contributed by atoms with Crippen molar-refractivity contribution in [3.05, 3.63) is 35.9 Å². The van der Waals surface area contributed by atoms with Crippen LogP contribution in [0.1, 0.15) is 38.2 Å². The van der Waals surface area contributed by atoms with E-state index in [1.54, 1.807) is 12.1 Å². The van der Waals surface area contributed by atoms with Crippen LogP contribution >= 0.6 is 15.9 Å². The van der Waals surface area contributed by atoms with Gasteiger partial charge in [-0.15, -0.1) is 0 Å². The minimum atomic E-state index is -1.19. The van der Waals surface area contributed by atoms with Gasteiger partial charge >= 0.3 is 18.0 Å². The van der Waals surface area contributed by atoms with Gasteiger partial charge in [-0.3, -0.25) is 9.59 Å². The van der Waals surface area contributed by atoms with Crippen LogP contribution in [0, 0.1) is 0 Å². The van der Waals surface area contributed by atoms with Gasteiger partial charge in [0, 0.05) is 0 Å². The van der Waals surface area contributed by atoms with E-state index in [1.807, 2.05) is 25.1 Å². The van der Waals surface area contributed by atoms with Crippen molar-refractivity contribution in [1.82, 2.24) is 10.2 Å². The highest BCUT2D eigenvalue weighted by Crippen LogP contribution is 2.45. The Morgan fingerprint density at radius 2 is 1.84 bits per heavy atom. The fourth-order valence-corrected chi connectivity index (χ4v) is 3.63. The van der Waals surface area contributed by atoms with Crippen molar-refractivity contribution in [2.45, 2.75) is 50.8 Å². The Morgan fingerprint density at radius 3 is 2.41 bits per heavy atom. The highest BCUT2D eigenvalue weighted by molar-refractivity contribution is 9.09. The molecule has 9 nitrogen and oxygen atoms in total. The van der Waals surface area contributed by atoms with E-state index in [9.17, 15) is 19.2 Å². The van der Waals surface area contributed by atoms with Gasteiger partial charge in [0.15, 0.2) is 6.04 Å². The number of hydrogen-bond donors (Lipinski definition) is 1. The number of alkyl halides is 1. The Morgan fingerprint density at radius 1 is 1.16 bits per heavy atom. The number of esters is 2. The van der Waals surface area contributed by atoms with Crippen molar-refractivity contribution in [2.24, 2.45) is 0 Å². The molecule has 0 spiro atoms. The minimum Gasteiger partial charge on any atom is -0.467 e. The Hall–Kier alpha value is -2.62. The van der Waals surface area contributed by atoms with Crippen molar-refractivity contribution in [2.75, 3.05) is 25.6 Å². The Bertz CT molecular complexity index is 799. The summed E-state index contributed by atoms with van der Waals surface area (Å²) in [4.78, 5) is 51.2. The first-order valence-corrected chi connectivity index (χ1v) is 11.6. The van der Waals surface area contributed by atoms with Crippen LogP contribution in [-0.2, 0) is 35.2 Å². The molecule has 1 saturated carbocycles. The lowest BCUT2D eigenvalue weighted by molar-refractivity contribution is -0.154. The average Bonchev–Trinajstić information content (AvgIpc) is 3.61. The van der Waals surface area contributed by atoms with Gasteiger partial charge in [0.1, 0.15) is 13.2 Å². The predicted octanol–water partition coefficient (Wildman–Crippen LogP) is 2.55. The summed E-state index contributed by atoms with van der Waals surface area (Å²) in [5.41, 5.74) is -0.308. The van der Waals surface area contributed by atoms with E-state index in [1.165, 1.54) is 12.0 Å². The molecule has 1 N–H and O–H groups in total. The number of carbonyl (C=O) groups excluding carboxylic acids is 4. The molecule has 1 aromatic rings. The van der Waals surface area contributed by atoms with E-state index in [-0.39, 0.29) is 25.1 Å². The third kappa shape index (κ3) is 6.94. The van der Waals surface area contributed by atoms with Gasteiger partial charge < -0.3 is 24.4 Å². The quantitative estimate of drug-likeness (QED) is 0.198. The van der Waals surface area contributed by atoms with Crippen molar-refractivity contribution in [3.8, 4) is 0 Å². The van der Waals surface area contributed by atoms with Crippen molar-refractivity contribution >= 4 is 39.9 Å². The maximum absolute atomic E-state index is 12.7. The second-order valence-corrected chi connectivity index (χ2v) is 8.01. The van der Waals surface area contributed by atoms with Crippen molar-refractivity contribution < 1.29 is 33.4 Å². The normalized spacial score (nSPS) is 14.6. The highest BCUT2D eigenvalue weighted by atomic mass is 79.9. The lowest BCUT2D eigenvalue weighted by Gasteiger charge is -2.35.